The smallest absolute Gasteiger partial charge is 0.266 e. The van der Waals surface area contributed by atoms with E-state index in [0.717, 1.165) is 12.1 Å². The summed E-state index contributed by atoms with van der Waals surface area (Å²) >= 11 is 0. The molecule has 0 amide bonds. The van der Waals surface area contributed by atoms with Gasteiger partial charge in [-0.05, 0) is 18.2 Å². The normalized spacial score (nSPS) is 9.93. The summed E-state index contributed by atoms with van der Waals surface area (Å²) in [4.78, 5) is 0. The van der Waals surface area contributed by atoms with Crippen LogP contribution in [0.3, 0.4) is 0 Å². The first-order valence-corrected chi connectivity index (χ1v) is 4.41. The van der Waals surface area contributed by atoms with Crippen LogP contribution in [0.4, 0.5) is 13.2 Å². The molecule has 0 aromatic heterocycles. The monoisotopic (exact) mass is 213 g/mol. The van der Waals surface area contributed by atoms with Gasteiger partial charge < -0.3 is 5.73 Å². The summed E-state index contributed by atoms with van der Waals surface area (Å²) in [6, 6.07) is 3.42. The third-order valence-corrected chi connectivity index (χ3v) is 1.74. The van der Waals surface area contributed by atoms with Gasteiger partial charge >= 0.3 is 0 Å². The van der Waals surface area contributed by atoms with E-state index >= 15 is 0 Å². The molecule has 4 heteroatoms. The largest absolute Gasteiger partial charge is 0.330 e. The summed E-state index contributed by atoms with van der Waals surface area (Å²) in [5.41, 5.74) is 4.99. The number of hydrogen-bond acceptors (Lipinski definition) is 1. The third-order valence-electron chi connectivity index (χ3n) is 1.74. The molecule has 1 nitrogen and oxygen atoms in total. The lowest BCUT2D eigenvalue weighted by Gasteiger charge is -2.01. The van der Waals surface area contributed by atoms with E-state index in [1.807, 2.05) is 0 Å². The van der Waals surface area contributed by atoms with Crippen molar-refractivity contribution in [2.75, 3.05) is 6.54 Å². The number of nitrogens with two attached hydrogens (primary N) is 1. The van der Waals surface area contributed by atoms with Crippen LogP contribution in [0.5, 0.6) is 0 Å². The lowest BCUT2D eigenvalue weighted by atomic mass is 10.1. The molecule has 0 unspecified atom stereocenters. The minimum Gasteiger partial charge on any atom is -0.330 e. The first kappa shape index (κ1) is 11.6. The van der Waals surface area contributed by atoms with Crippen molar-refractivity contribution in [1.29, 1.82) is 0 Å². The molecule has 1 aromatic rings. The summed E-state index contributed by atoms with van der Waals surface area (Å²) in [5.74, 6) is 4.41. The average Bonchev–Trinajstić information content (AvgIpc) is 2.17. The number of rotatable bonds is 2. The van der Waals surface area contributed by atoms with Gasteiger partial charge in [0.05, 0.1) is 5.56 Å². The Morgan fingerprint density at radius 2 is 2.07 bits per heavy atom. The zero-order valence-corrected chi connectivity index (χ0v) is 7.93. The molecule has 0 bridgehead atoms. The Balaban J connectivity index is 2.88. The first-order valence-electron chi connectivity index (χ1n) is 4.41. The highest BCUT2D eigenvalue weighted by atomic mass is 19.3. The van der Waals surface area contributed by atoms with Crippen LogP contribution < -0.4 is 5.73 Å². The van der Waals surface area contributed by atoms with Crippen molar-refractivity contribution in [2.24, 2.45) is 5.73 Å². The van der Waals surface area contributed by atoms with Crippen molar-refractivity contribution < 1.29 is 13.2 Å². The fourth-order valence-electron chi connectivity index (χ4n) is 1.02. The van der Waals surface area contributed by atoms with Crippen LogP contribution in [0.15, 0.2) is 18.2 Å². The van der Waals surface area contributed by atoms with Gasteiger partial charge in [0.1, 0.15) is 5.82 Å². The summed E-state index contributed by atoms with van der Waals surface area (Å²) in [6.07, 6.45) is -2.30. The van der Waals surface area contributed by atoms with Gasteiger partial charge in [-0.15, -0.1) is 0 Å². The van der Waals surface area contributed by atoms with E-state index in [2.05, 4.69) is 11.8 Å². The SMILES string of the molecule is NCCC#Cc1ccc(C(F)F)c(F)c1. The maximum atomic E-state index is 13.0. The van der Waals surface area contributed by atoms with Crippen LogP contribution in [0, 0.1) is 17.7 Å². The van der Waals surface area contributed by atoms with E-state index in [4.69, 9.17) is 5.73 Å². The highest BCUT2D eigenvalue weighted by Crippen LogP contribution is 2.22. The van der Waals surface area contributed by atoms with Gasteiger partial charge in [0.25, 0.3) is 6.43 Å². The fraction of sp³-hybridized carbons (Fsp3) is 0.273. The Morgan fingerprint density at radius 3 is 2.60 bits per heavy atom. The first-order chi connectivity index (χ1) is 7.15. The molecule has 1 aromatic carbocycles. The molecule has 0 aliphatic heterocycles. The Kier molecular flexibility index (Phi) is 4.19. The minimum atomic E-state index is -2.80. The number of hydrogen-bond donors (Lipinski definition) is 1. The summed E-state index contributed by atoms with van der Waals surface area (Å²) in [5, 5.41) is 0. The van der Waals surface area contributed by atoms with Crippen molar-refractivity contribution in [3.63, 3.8) is 0 Å². The zero-order chi connectivity index (χ0) is 11.3. The topological polar surface area (TPSA) is 26.0 Å². The van der Waals surface area contributed by atoms with Crippen molar-refractivity contribution in [3.05, 3.63) is 35.1 Å². The Labute approximate surface area is 86.1 Å². The number of alkyl halides is 2. The molecule has 0 radical (unpaired) electrons. The lowest BCUT2D eigenvalue weighted by Crippen LogP contribution is -1.95. The fourth-order valence-corrected chi connectivity index (χ4v) is 1.02. The van der Waals surface area contributed by atoms with Crippen molar-refractivity contribution >= 4 is 0 Å². The summed E-state index contributed by atoms with van der Waals surface area (Å²) in [7, 11) is 0. The number of benzene rings is 1. The van der Waals surface area contributed by atoms with Gasteiger partial charge in [-0.25, -0.2) is 13.2 Å². The summed E-state index contributed by atoms with van der Waals surface area (Å²) < 4.78 is 37.4. The maximum Gasteiger partial charge on any atom is 0.266 e. The number of halogens is 3. The highest BCUT2D eigenvalue weighted by Gasteiger charge is 2.12. The van der Waals surface area contributed by atoms with Gasteiger partial charge in [0.2, 0.25) is 0 Å². The summed E-state index contributed by atoms with van der Waals surface area (Å²) in [6.45, 7) is 0.421. The van der Waals surface area contributed by atoms with E-state index in [1.54, 1.807) is 0 Å². The maximum absolute atomic E-state index is 13.0. The molecule has 15 heavy (non-hydrogen) atoms. The lowest BCUT2D eigenvalue weighted by molar-refractivity contribution is 0.146. The van der Waals surface area contributed by atoms with E-state index in [1.165, 1.54) is 6.07 Å². The molecule has 0 aliphatic carbocycles. The molecule has 0 atom stereocenters. The molecule has 0 heterocycles. The van der Waals surface area contributed by atoms with E-state index < -0.39 is 17.8 Å². The van der Waals surface area contributed by atoms with Crippen molar-refractivity contribution in [1.82, 2.24) is 0 Å². The van der Waals surface area contributed by atoms with Crippen LogP contribution in [-0.2, 0) is 0 Å². The third kappa shape index (κ3) is 3.30. The minimum absolute atomic E-state index is 0.380. The molecule has 0 saturated heterocycles. The predicted molar refractivity (Wildman–Crippen MR) is 51.9 cm³/mol. The molecular weight excluding hydrogens is 203 g/mol. The second kappa shape index (κ2) is 5.42. The Bertz CT molecular complexity index is 391. The Hall–Kier alpha value is -1.47. The van der Waals surface area contributed by atoms with E-state index in [-0.39, 0.29) is 0 Å². The highest BCUT2D eigenvalue weighted by molar-refractivity contribution is 5.37. The molecule has 1 rings (SSSR count). The van der Waals surface area contributed by atoms with Crippen LogP contribution >= 0.6 is 0 Å². The Morgan fingerprint density at radius 1 is 1.33 bits per heavy atom. The molecule has 0 spiro atoms. The van der Waals surface area contributed by atoms with Crippen molar-refractivity contribution in [3.8, 4) is 11.8 Å². The van der Waals surface area contributed by atoms with Crippen LogP contribution in [0.1, 0.15) is 24.0 Å². The van der Waals surface area contributed by atoms with Gasteiger partial charge in [0, 0.05) is 18.5 Å². The molecular formula is C11H10F3N. The molecule has 2 N–H and O–H groups in total. The predicted octanol–water partition coefficient (Wildman–Crippen LogP) is 2.46. The van der Waals surface area contributed by atoms with Gasteiger partial charge in [-0.1, -0.05) is 11.8 Å². The second-order valence-electron chi connectivity index (χ2n) is 2.88. The van der Waals surface area contributed by atoms with Gasteiger partial charge in [0.15, 0.2) is 0 Å². The standard InChI is InChI=1S/C11H10F3N/c12-10-7-8(3-1-2-6-15)4-5-9(10)11(13)14/h4-5,7,11H,2,6,15H2. The van der Waals surface area contributed by atoms with E-state index in [9.17, 15) is 13.2 Å². The van der Waals surface area contributed by atoms with Crippen LogP contribution in [0.2, 0.25) is 0 Å². The van der Waals surface area contributed by atoms with E-state index in [0.29, 0.717) is 18.5 Å². The quantitative estimate of drug-likeness (QED) is 0.750. The molecule has 0 aliphatic rings. The zero-order valence-electron chi connectivity index (χ0n) is 7.93. The average molecular weight is 213 g/mol. The van der Waals surface area contributed by atoms with Gasteiger partial charge in [-0.2, -0.15) is 0 Å². The van der Waals surface area contributed by atoms with Gasteiger partial charge in [-0.3, -0.25) is 0 Å². The van der Waals surface area contributed by atoms with Crippen LogP contribution in [-0.4, -0.2) is 6.54 Å². The van der Waals surface area contributed by atoms with Crippen LogP contribution in [0.25, 0.3) is 0 Å². The second-order valence-corrected chi connectivity index (χ2v) is 2.88. The molecule has 80 valence electrons. The van der Waals surface area contributed by atoms with Crippen molar-refractivity contribution in [2.45, 2.75) is 12.8 Å². The molecule has 0 fully saturated rings. The molecule has 0 saturated carbocycles.